The molecule has 5 atom stereocenters. The first-order chi connectivity index (χ1) is 48.5. The fraction of sp³-hybridized carbons (Fsp3) is 0.951. The summed E-state index contributed by atoms with van der Waals surface area (Å²) in [7, 11) is -9.92. The van der Waals surface area contributed by atoms with Crippen molar-refractivity contribution < 1.29 is 80.2 Å². The van der Waals surface area contributed by atoms with Gasteiger partial charge in [0.15, 0.2) is 12.2 Å². The van der Waals surface area contributed by atoms with E-state index in [2.05, 4.69) is 34.6 Å². The predicted molar refractivity (Wildman–Crippen MR) is 409 cm³/mol. The van der Waals surface area contributed by atoms with Gasteiger partial charge < -0.3 is 33.8 Å². The lowest BCUT2D eigenvalue weighted by atomic mass is 10.0. The molecular formula is C81H158O17P2. The van der Waals surface area contributed by atoms with E-state index in [0.717, 1.165) is 95.8 Å². The number of esters is 4. The van der Waals surface area contributed by atoms with Crippen molar-refractivity contribution in [3.63, 3.8) is 0 Å². The summed E-state index contributed by atoms with van der Waals surface area (Å²) >= 11 is 0. The van der Waals surface area contributed by atoms with E-state index < -0.39 is 97.5 Å². The van der Waals surface area contributed by atoms with Crippen LogP contribution < -0.4 is 0 Å². The fourth-order valence-corrected chi connectivity index (χ4v) is 14.2. The molecule has 0 spiro atoms. The second-order valence-electron chi connectivity index (χ2n) is 29.6. The Morgan fingerprint density at radius 1 is 0.270 bits per heavy atom. The number of hydrogen-bond acceptors (Lipinski definition) is 15. The molecule has 0 aromatic rings. The predicted octanol–water partition coefficient (Wildman–Crippen LogP) is 24.4. The smallest absolute Gasteiger partial charge is 0.462 e. The van der Waals surface area contributed by atoms with E-state index in [9.17, 15) is 43.2 Å². The van der Waals surface area contributed by atoms with Crippen LogP contribution in [0.25, 0.3) is 0 Å². The van der Waals surface area contributed by atoms with Crippen LogP contribution in [-0.4, -0.2) is 96.7 Å². The standard InChI is InChI=1S/C81H158O17P2/c1-6-9-12-15-18-21-24-26-27-28-29-30-31-32-33-36-42-47-52-57-62-67-81(86)98-77(71-92-79(84)65-60-55-50-45-41-37-34-35-39-43-48-53-58-63-74(4)5)73-96-100(89,90)94-69-75(82)68-93-99(87,88)95-72-76(70-91-78(83)64-59-54-49-44-38-23-20-17-14-11-8-3)97-80(85)66-61-56-51-46-40-25-22-19-16-13-10-7-2/h74-77,82H,6-73H2,1-5H3,(H,87,88)(H,89,90)/t75-,76+,77+/m0/s1. The summed E-state index contributed by atoms with van der Waals surface area (Å²) in [6.07, 6.45) is 65.2. The fourth-order valence-electron chi connectivity index (χ4n) is 12.6. The van der Waals surface area contributed by atoms with E-state index in [1.807, 2.05) is 0 Å². The molecule has 0 fully saturated rings. The summed E-state index contributed by atoms with van der Waals surface area (Å²) in [5, 5.41) is 10.6. The van der Waals surface area contributed by atoms with Crippen molar-refractivity contribution >= 4 is 39.5 Å². The van der Waals surface area contributed by atoms with Crippen LogP contribution >= 0.6 is 15.6 Å². The minimum atomic E-state index is -4.96. The largest absolute Gasteiger partial charge is 0.472 e. The lowest BCUT2D eigenvalue weighted by Crippen LogP contribution is -2.30. The summed E-state index contributed by atoms with van der Waals surface area (Å²) < 4.78 is 68.7. The second kappa shape index (κ2) is 73.9. The molecular weight excluding hydrogens is 1310 g/mol. The number of phosphoric acid groups is 2. The summed E-state index contributed by atoms with van der Waals surface area (Å²) in [6.45, 7) is 7.34. The second-order valence-corrected chi connectivity index (χ2v) is 32.5. The maximum absolute atomic E-state index is 13.1. The van der Waals surface area contributed by atoms with E-state index in [0.29, 0.717) is 25.7 Å². The highest BCUT2D eigenvalue weighted by atomic mass is 31.2. The number of aliphatic hydroxyl groups excluding tert-OH is 1. The molecule has 0 radical (unpaired) electrons. The van der Waals surface area contributed by atoms with Gasteiger partial charge in [-0.05, 0) is 31.6 Å². The number of unbranched alkanes of at least 4 members (excludes halogenated alkanes) is 53. The minimum absolute atomic E-state index is 0.108. The molecule has 0 aliphatic carbocycles. The van der Waals surface area contributed by atoms with Crippen LogP contribution in [0, 0.1) is 5.92 Å². The maximum atomic E-state index is 13.1. The molecule has 0 saturated carbocycles. The third-order valence-corrected chi connectivity index (χ3v) is 20.9. The SMILES string of the molecule is CCCCCCCCCCCCCCCCCCCCCCCC(=O)O[C@H](COC(=O)CCCCCCCCCCCCCCCC(C)C)COP(=O)(O)OC[C@@H](O)COP(=O)(O)OC[C@@H](COC(=O)CCCCCCCCCCCCC)OC(=O)CCCCCCCCCCCCCC. The Kier molecular flexibility index (Phi) is 72.5. The van der Waals surface area contributed by atoms with Crippen LogP contribution in [0.5, 0.6) is 0 Å². The van der Waals surface area contributed by atoms with Gasteiger partial charge in [0, 0.05) is 25.7 Å². The lowest BCUT2D eigenvalue weighted by Gasteiger charge is -2.21. The molecule has 0 amide bonds. The van der Waals surface area contributed by atoms with Crippen molar-refractivity contribution in [2.45, 2.75) is 451 Å². The summed E-state index contributed by atoms with van der Waals surface area (Å²) in [4.78, 5) is 73.0. The molecule has 0 bridgehead atoms. The van der Waals surface area contributed by atoms with Crippen molar-refractivity contribution in [2.75, 3.05) is 39.6 Å². The molecule has 17 nitrogen and oxygen atoms in total. The van der Waals surface area contributed by atoms with E-state index in [-0.39, 0.29) is 25.7 Å². The highest BCUT2D eigenvalue weighted by molar-refractivity contribution is 7.47. The normalized spacial score (nSPS) is 13.8. The van der Waals surface area contributed by atoms with Crippen LogP contribution in [0.4, 0.5) is 0 Å². The highest BCUT2D eigenvalue weighted by Crippen LogP contribution is 2.45. The van der Waals surface area contributed by atoms with Gasteiger partial charge in [-0.15, -0.1) is 0 Å². The molecule has 3 N–H and O–H groups in total. The van der Waals surface area contributed by atoms with Gasteiger partial charge in [-0.1, -0.05) is 381 Å². The quantitative estimate of drug-likeness (QED) is 0.0222. The Bertz CT molecular complexity index is 1910. The minimum Gasteiger partial charge on any atom is -0.462 e. The van der Waals surface area contributed by atoms with E-state index in [1.165, 1.54) is 257 Å². The van der Waals surface area contributed by atoms with Crippen LogP contribution in [-0.2, 0) is 65.4 Å². The van der Waals surface area contributed by atoms with Gasteiger partial charge in [-0.3, -0.25) is 37.3 Å². The number of aliphatic hydroxyl groups is 1. The van der Waals surface area contributed by atoms with Crippen molar-refractivity contribution in [3.8, 4) is 0 Å². The third-order valence-electron chi connectivity index (χ3n) is 19.0. The number of carbonyl (C=O) groups is 4. The molecule has 0 aromatic heterocycles. The Morgan fingerprint density at radius 2 is 0.460 bits per heavy atom. The molecule has 0 aliphatic heterocycles. The average Bonchev–Trinajstić information content (AvgIpc) is 0.956. The average molecular weight is 1470 g/mol. The zero-order valence-corrected chi connectivity index (χ0v) is 67.1. The molecule has 0 rings (SSSR count). The van der Waals surface area contributed by atoms with Gasteiger partial charge in [0.25, 0.3) is 0 Å². The molecule has 100 heavy (non-hydrogen) atoms. The van der Waals surface area contributed by atoms with E-state index in [1.54, 1.807) is 0 Å². The Balaban J connectivity index is 5.22. The maximum Gasteiger partial charge on any atom is 0.472 e. The van der Waals surface area contributed by atoms with Crippen molar-refractivity contribution in [2.24, 2.45) is 5.92 Å². The number of phosphoric ester groups is 2. The van der Waals surface area contributed by atoms with Crippen molar-refractivity contribution in [3.05, 3.63) is 0 Å². The Labute approximate surface area is 613 Å². The summed E-state index contributed by atoms with van der Waals surface area (Å²) in [5.41, 5.74) is 0. The lowest BCUT2D eigenvalue weighted by molar-refractivity contribution is -0.161. The zero-order chi connectivity index (χ0) is 73.4. The molecule has 0 saturated heterocycles. The van der Waals surface area contributed by atoms with Crippen LogP contribution in [0.1, 0.15) is 433 Å². The van der Waals surface area contributed by atoms with Crippen molar-refractivity contribution in [1.29, 1.82) is 0 Å². The number of carbonyl (C=O) groups excluding carboxylic acids is 4. The summed E-state index contributed by atoms with van der Waals surface area (Å²) in [6, 6.07) is 0. The zero-order valence-electron chi connectivity index (χ0n) is 65.3. The number of ether oxygens (including phenoxy) is 4. The number of hydrogen-bond donors (Lipinski definition) is 3. The summed E-state index contributed by atoms with van der Waals surface area (Å²) in [5.74, 6) is -1.31. The van der Waals surface area contributed by atoms with Crippen molar-refractivity contribution in [1.82, 2.24) is 0 Å². The van der Waals surface area contributed by atoms with E-state index in [4.69, 9.17) is 37.0 Å². The first kappa shape index (κ1) is 98.1. The van der Waals surface area contributed by atoms with Gasteiger partial charge in [0.2, 0.25) is 0 Å². The Morgan fingerprint density at radius 3 is 0.680 bits per heavy atom. The molecule has 0 heterocycles. The first-order valence-electron chi connectivity index (χ1n) is 42.1. The van der Waals surface area contributed by atoms with E-state index >= 15 is 0 Å². The third kappa shape index (κ3) is 74.3. The van der Waals surface area contributed by atoms with Crippen LogP contribution in [0.3, 0.4) is 0 Å². The number of rotatable bonds is 81. The first-order valence-corrected chi connectivity index (χ1v) is 45.1. The molecule has 0 aliphatic rings. The van der Waals surface area contributed by atoms with Crippen LogP contribution in [0.15, 0.2) is 0 Å². The monoisotopic (exact) mass is 1470 g/mol. The molecule has 2 unspecified atom stereocenters. The Hall–Kier alpha value is -1.94. The van der Waals surface area contributed by atoms with Gasteiger partial charge in [-0.2, -0.15) is 0 Å². The molecule has 0 aromatic carbocycles. The van der Waals surface area contributed by atoms with Crippen LogP contribution in [0.2, 0.25) is 0 Å². The van der Waals surface area contributed by atoms with Gasteiger partial charge >= 0.3 is 39.5 Å². The topological polar surface area (TPSA) is 237 Å². The van der Waals surface area contributed by atoms with Gasteiger partial charge in [-0.25, -0.2) is 9.13 Å². The van der Waals surface area contributed by atoms with Gasteiger partial charge in [0.05, 0.1) is 26.4 Å². The highest BCUT2D eigenvalue weighted by Gasteiger charge is 2.30. The molecule has 594 valence electrons. The van der Waals surface area contributed by atoms with Gasteiger partial charge in [0.1, 0.15) is 19.3 Å². The molecule has 19 heteroatoms.